The van der Waals surface area contributed by atoms with Crippen LogP contribution in [-0.4, -0.2) is 0 Å². The molecule has 0 radical (unpaired) electrons. The van der Waals surface area contributed by atoms with Gasteiger partial charge in [-0.2, -0.15) is 0 Å². The zero-order chi connectivity index (χ0) is 17.1. The molecule has 0 saturated carbocycles. The highest BCUT2D eigenvalue weighted by atomic mass is 14.4. The number of rotatable bonds is 0. The Morgan fingerprint density at radius 1 is 0.500 bits per heavy atom. The van der Waals surface area contributed by atoms with Crippen LogP contribution in [0.5, 0.6) is 0 Å². The fourth-order valence-electron chi connectivity index (χ4n) is 5.01. The summed E-state index contributed by atoms with van der Waals surface area (Å²) in [5, 5.41) is 0. The summed E-state index contributed by atoms with van der Waals surface area (Å²) in [6.45, 7) is 0. The van der Waals surface area contributed by atoms with Crippen LogP contribution in [0.4, 0.5) is 0 Å². The maximum absolute atomic E-state index is 2.37. The molecule has 0 heterocycles. The van der Waals surface area contributed by atoms with E-state index >= 15 is 0 Å². The second-order valence-electron chi connectivity index (χ2n) is 7.28. The van der Waals surface area contributed by atoms with E-state index in [0.717, 1.165) is 0 Å². The molecule has 0 heteroatoms. The van der Waals surface area contributed by atoms with Crippen LogP contribution >= 0.6 is 0 Å². The molecule has 122 valence electrons. The minimum atomic E-state index is 0.376. The maximum atomic E-state index is 2.37. The van der Waals surface area contributed by atoms with E-state index in [1.165, 1.54) is 44.5 Å². The van der Waals surface area contributed by atoms with Gasteiger partial charge in [0.2, 0.25) is 0 Å². The Bertz CT molecular complexity index is 1040. The van der Waals surface area contributed by atoms with Crippen molar-refractivity contribution in [3.63, 3.8) is 0 Å². The van der Waals surface area contributed by atoms with Gasteiger partial charge in [0.25, 0.3) is 0 Å². The molecule has 6 rings (SSSR count). The van der Waals surface area contributed by atoms with Crippen molar-refractivity contribution in [2.24, 2.45) is 11.8 Å². The summed E-state index contributed by atoms with van der Waals surface area (Å²) < 4.78 is 0. The topological polar surface area (TPSA) is 0 Å². The van der Waals surface area contributed by atoms with E-state index < -0.39 is 0 Å². The van der Waals surface area contributed by atoms with Crippen molar-refractivity contribution < 1.29 is 0 Å². The minimum Gasteiger partial charge on any atom is -0.0729 e. The zero-order valence-electron chi connectivity index (χ0n) is 14.4. The van der Waals surface area contributed by atoms with E-state index in [4.69, 9.17) is 0 Å². The summed E-state index contributed by atoms with van der Waals surface area (Å²) in [6.07, 6.45) is 18.1. The van der Waals surface area contributed by atoms with Crippen LogP contribution in [0.25, 0.3) is 16.7 Å². The van der Waals surface area contributed by atoms with E-state index in [1.54, 1.807) is 0 Å². The number of hydrogen-bond acceptors (Lipinski definition) is 0. The molecule has 0 N–H and O–H groups in total. The third kappa shape index (κ3) is 1.74. The molecule has 0 saturated heterocycles. The highest BCUT2D eigenvalue weighted by Crippen LogP contribution is 2.54. The first-order chi connectivity index (χ1) is 12.9. The molecule has 0 aromatic heterocycles. The van der Waals surface area contributed by atoms with Gasteiger partial charge in [-0.05, 0) is 44.5 Å². The van der Waals surface area contributed by atoms with Gasteiger partial charge in [-0.3, -0.25) is 0 Å². The monoisotopic (exact) mass is 330 g/mol. The Labute approximate surface area is 153 Å². The average molecular weight is 330 g/mol. The lowest BCUT2D eigenvalue weighted by Gasteiger charge is -2.21. The van der Waals surface area contributed by atoms with Gasteiger partial charge < -0.3 is 0 Å². The molecule has 2 unspecified atom stereocenters. The molecule has 0 amide bonds. The summed E-state index contributed by atoms with van der Waals surface area (Å²) >= 11 is 0. The van der Waals surface area contributed by atoms with Crippen molar-refractivity contribution in [3.8, 4) is 11.1 Å². The summed E-state index contributed by atoms with van der Waals surface area (Å²) in [5.74, 6) is 0.753. The third-order valence-electron chi connectivity index (χ3n) is 6.03. The summed E-state index contributed by atoms with van der Waals surface area (Å²) in [5.41, 5.74) is 11.4. The first-order valence-electron chi connectivity index (χ1n) is 9.30. The molecule has 26 heavy (non-hydrogen) atoms. The zero-order valence-corrected chi connectivity index (χ0v) is 14.4. The Morgan fingerprint density at radius 3 is 1.46 bits per heavy atom. The van der Waals surface area contributed by atoms with Crippen LogP contribution in [0.1, 0.15) is 11.1 Å². The van der Waals surface area contributed by atoms with Crippen LogP contribution < -0.4 is 0 Å². The largest absolute Gasteiger partial charge is 0.0729 e. The predicted octanol–water partition coefficient (Wildman–Crippen LogP) is 6.26. The molecular formula is C26H18. The first kappa shape index (κ1) is 14.1. The van der Waals surface area contributed by atoms with Crippen molar-refractivity contribution in [1.82, 2.24) is 0 Å². The van der Waals surface area contributed by atoms with Crippen LogP contribution in [-0.2, 0) is 0 Å². The summed E-state index contributed by atoms with van der Waals surface area (Å²) in [6, 6.07) is 17.8. The lowest BCUT2D eigenvalue weighted by molar-refractivity contribution is 0.860. The number of fused-ring (bicyclic) bond motifs is 5. The van der Waals surface area contributed by atoms with Crippen molar-refractivity contribution in [2.75, 3.05) is 0 Å². The summed E-state index contributed by atoms with van der Waals surface area (Å²) in [4.78, 5) is 0. The predicted molar refractivity (Wildman–Crippen MR) is 108 cm³/mol. The van der Waals surface area contributed by atoms with Gasteiger partial charge in [-0.15, -0.1) is 0 Å². The van der Waals surface area contributed by atoms with E-state index in [-0.39, 0.29) is 0 Å². The molecule has 4 aliphatic carbocycles. The maximum Gasteiger partial charge on any atom is 0.0253 e. The van der Waals surface area contributed by atoms with Crippen molar-refractivity contribution in [3.05, 3.63) is 125 Å². The second kappa shape index (κ2) is 5.19. The molecule has 0 nitrogen and oxygen atoms in total. The molecule has 0 fully saturated rings. The SMILES string of the molecule is C1=CC2=C3C=CC=CC3C(=C3c4ccccc4-c4ccccc43)C2C=C1. The van der Waals surface area contributed by atoms with Crippen LogP contribution in [0, 0.1) is 11.8 Å². The summed E-state index contributed by atoms with van der Waals surface area (Å²) in [7, 11) is 0. The van der Waals surface area contributed by atoms with Gasteiger partial charge >= 0.3 is 0 Å². The van der Waals surface area contributed by atoms with Gasteiger partial charge in [0, 0.05) is 11.8 Å². The highest BCUT2D eigenvalue weighted by Gasteiger charge is 2.39. The molecule has 0 aliphatic heterocycles. The lowest BCUT2D eigenvalue weighted by atomic mass is 9.82. The molecule has 0 bridgehead atoms. The lowest BCUT2D eigenvalue weighted by Crippen LogP contribution is -2.08. The van der Waals surface area contributed by atoms with E-state index in [0.29, 0.717) is 11.8 Å². The third-order valence-corrected chi connectivity index (χ3v) is 6.03. The molecule has 2 atom stereocenters. The van der Waals surface area contributed by atoms with Gasteiger partial charge in [-0.25, -0.2) is 0 Å². The van der Waals surface area contributed by atoms with E-state index in [1.807, 2.05) is 0 Å². The average Bonchev–Trinajstić information content (AvgIpc) is 3.21. The normalized spacial score (nSPS) is 24.0. The van der Waals surface area contributed by atoms with Crippen LogP contribution in [0.2, 0.25) is 0 Å². The van der Waals surface area contributed by atoms with Crippen molar-refractivity contribution >= 4 is 5.57 Å². The van der Waals surface area contributed by atoms with E-state index in [9.17, 15) is 0 Å². The Morgan fingerprint density at radius 2 is 0.962 bits per heavy atom. The smallest absolute Gasteiger partial charge is 0.0253 e. The number of allylic oxidation sites excluding steroid dienone is 11. The van der Waals surface area contributed by atoms with Gasteiger partial charge in [-0.1, -0.05) is 97.1 Å². The standard InChI is InChI=1S/C26H18/c1-5-13-21-17(9-1)18-10-2-6-14-22(18)25(21)26-23-15-7-3-11-19(23)20-12-4-8-16-24(20)26/h1-16,21-22H. The Kier molecular flexibility index (Phi) is 2.81. The Balaban J connectivity index is 1.71. The molecule has 4 aliphatic rings. The van der Waals surface area contributed by atoms with Crippen molar-refractivity contribution in [1.29, 1.82) is 0 Å². The van der Waals surface area contributed by atoms with Crippen LogP contribution in [0.3, 0.4) is 0 Å². The fraction of sp³-hybridized carbons (Fsp3) is 0.0769. The molecule has 2 aromatic rings. The number of benzene rings is 2. The van der Waals surface area contributed by atoms with E-state index in [2.05, 4.69) is 97.1 Å². The van der Waals surface area contributed by atoms with Crippen molar-refractivity contribution in [2.45, 2.75) is 0 Å². The van der Waals surface area contributed by atoms with Crippen LogP contribution in [0.15, 0.2) is 114 Å². The fourth-order valence-corrected chi connectivity index (χ4v) is 5.01. The Hall–Kier alpha value is -3.12. The van der Waals surface area contributed by atoms with Gasteiger partial charge in [0.05, 0.1) is 0 Å². The van der Waals surface area contributed by atoms with Gasteiger partial charge in [0.15, 0.2) is 0 Å². The molecule has 2 aromatic carbocycles. The molecule has 0 spiro atoms. The van der Waals surface area contributed by atoms with Gasteiger partial charge in [0.1, 0.15) is 0 Å². The number of hydrogen-bond donors (Lipinski definition) is 0. The minimum absolute atomic E-state index is 0.376. The second-order valence-corrected chi connectivity index (χ2v) is 7.28. The first-order valence-corrected chi connectivity index (χ1v) is 9.30. The highest BCUT2D eigenvalue weighted by molar-refractivity contribution is 6.03. The quantitative estimate of drug-likeness (QED) is 0.456. The molecular weight excluding hydrogens is 312 g/mol.